The van der Waals surface area contributed by atoms with Crippen LogP contribution in [0.4, 0.5) is 24.8 Å². The highest BCUT2D eigenvalue weighted by Gasteiger charge is 2.39. The van der Waals surface area contributed by atoms with Crippen LogP contribution in [-0.4, -0.2) is 43.3 Å². The first kappa shape index (κ1) is 22.7. The summed E-state index contributed by atoms with van der Waals surface area (Å²) in [5.74, 6) is 0.292. The average Bonchev–Trinajstić information content (AvgIpc) is 2.79. The summed E-state index contributed by atoms with van der Waals surface area (Å²) in [6.45, 7) is 2.26. The van der Waals surface area contributed by atoms with Crippen molar-refractivity contribution < 1.29 is 17.9 Å². The van der Waals surface area contributed by atoms with Gasteiger partial charge < -0.3 is 14.5 Å². The average molecular weight is 449 g/mol. The number of rotatable bonds is 6. The van der Waals surface area contributed by atoms with Crippen molar-refractivity contribution in [3.8, 4) is 5.75 Å². The minimum atomic E-state index is -4.59. The number of aromatic nitrogens is 2. The van der Waals surface area contributed by atoms with Gasteiger partial charge in [0.25, 0.3) is 0 Å². The summed E-state index contributed by atoms with van der Waals surface area (Å²) < 4.78 is 46.5. The van der Waals surface area contributed by atoms with Crippen LogP contribution in [0.15, 0.2) is 36.4 Å². The Kier molecular flexibility index (Phi) is 6.76. The highest BCUT2D eigenvalue weighted by atomic mass is 19.4. The third kappa shape index (κ3) is 5.45. The van der Waals surface area contributed by atoms with E-state index < -0.39 is 12.0 Å². The van der Waals surface area contributed by atoms with E-state index >= 15 is 0 Å². The van der Waals surface area contributed by atoms with Crippen LogP contribution in [0.5, 0.6) is 5.75 Å². The number of likely N-dealkylation sites (N-methyl/N-ethyl adjacent to an activating group) is 1. The molecule has 2 heterocycles. The van der Waals surface area contributed by atoms with Gasteiger partial charge in [-0.15, -0.1) is 0 Å². The molecule has 0 N–H and O–H groups in total. The summed E-state index contributed by atoms with van der Waals surface area (Å²) in [7, 11) is 1.74. The van der Waals surface area contributed by atoms with Crippen molar-refractivity contribution in [2.45, 2.75) is 51.1 Å². The second-order valence-corrected chi connectivity index (χ2v) is 9.07. The Labute approximate surface area is 187 Å². The number of piperidine rings is 1. The van der Waals surface area contributed by atoms with Gasteiger partial charge in [-0.2, -0.15) is 13.2 Å². The Morgan fingerprint density at radius 1 is 1.03 bits per heavy atom. The van der Waals surface area contributed by atoms with Crippen molar-refractivity contribution in [3.05, 3.63) is 42.2 Å². The van der Waals surface area contributed by atoms with Crippen molar-refractivity contribution in [3.63, 3.8) is 0 Å². The van der Waals surface area contributed by atoms with Gasteiger partial charge in [0.2, 0.25) is 5.82 Å². The molecule has 0 radical (unpaired) electrons. The first-order valence-corrected chi connectivity index (χ1v) is 11.4. The fourth-order valence-electron chi connectivity index (χ4n) is 4.95. The van der Waals surface area contributed by atoms with Crippen molar-refractivity contribution in [1.82, 2.24) is 9.97 Å². The molecule has 1 saturated heterocycles. The Morgan fingerprint density at radius 2 is 1.75 bits per heavy atom. The van der Waals surface area contributed by atoms with E-state index in [4.69, 9.17) is 4.74 Å². The molecule has 174 valence electrons. The van der Waals surface area contributed by atoms with E-state index in [1.165, 1.54) is 19.3 Å². The number of benzene rings is 1. The lowest BCUT2D eigenvalue weighted by Crippen LogP contribution is -2.45. The summed E-state index contributed by atoms with van der Waals surface area (Å²) in [6, 6.07) is 11.0. The molecule has 0 atom stereocenters. The zero-order chi connectivity index (χ0) is 22.6. The van der Waals surface area contributed by atoms with Crippen LogP contribution < -0.4 is 14.5 Å². The lowest BCUT2D eigenvalue weighted by molar-refractivity contribution is -0.144. The third-order valence-corrected chi connectivity index (χ3v) is 6.68. The van der Waals surface area contributed by atoms with Gasteiger partial charge in [-0.25, -0.2) is 9.97 Å². The molecule has 1 aromatic carbocycles. The molecule has 0 unspecified atom stereocenters. The van der Waals surface area contributed by atoms with Gasteiger partial charge in [-0.05, 0) is 43.2 Å². The summed E-state index contributed by atoms with van der Waals surface area (Å²) >= 11 is 0. The van der Waals surface area contributed by atoms with Crippen LogP contribution in [0, 0.1) is 5.41 Å². The van der Waals surface area contributed by atoms with Crippen LogP contribution in [0.1, 0.15) is 50.8 Å². The van der Waals surface area contributed by atoms with Crippen LogP contribution in [0.3, 0.4) is 0 Å². The molecule has 1 aromatic heterocycles. The number of alkyl halides is 3. The minimum absolute atomic E-state index is 0.218. The summed E-state index contributed by atoms with van der Waals surface area (Å²) in [5, 5.41) is 0. The van der Waals surface area contributed by atoms with E-state index in [0.29, 0.717) is 19.0 Å². The van der Waals surface area contributed by atoms with Gasteiger partial charge in [0, 0.05) is 26.2 Å². The lowest BCUT2D eigenvalue weighted by atomic mass is 9.69. The molecule has 5 nitrogen and oxygen atoms in total. The van der Waals surface area contributed by atoms with Crippen LogP contribution in [0.25, 0.3) is 0 Å². The topological polar surface area (TPSA) is 41.5 Å². The first-order chi connectivity index (χ1) is 15.3. The van der Waals surface area contributed by atoms with E-state index in [0.717, 1.165) is 44.5 Å². The minimum Gasteiger partial charge on any atom is -0.492 e. The largest absolute Gasteiger partial charge is 0.492 e. The molecule has 1 spiro atoms. The van der Waals surface area contributed by atoms with Crippen molar-refractivity contribution in [2.24, 2.45) is 5.41 Å². The second kappa shape index (κ2) is 9.55. The fourth-order valence-corrected chi connectivity index (χ4v) is 4.95. The Balaban J connectivity index is 1.51. The summed E-state index contributed by atoms with van der Waals surface area (Å²) in [5.41, 5.74) is 0.218. The molecule has 1 aliphatic carbocycles. The highest BCUT2D eigenvalue weighted by Crippen LogP contribution is 2.44. The number of para-hydroxylation sites is 1. The number of anilines is 2. The number of halogens is 3. The van der Waals surface area contributed by atoms with Gasteiger partial charge in [-0.3, -0.25) is 0 Å². The molecule has 2 aliphatic rings. The predicted molar refractivity (Wildman–Crippen MR) is 119 cm³/mol. The number of nitrogens with zero attached hydrogens (tertiary/aromatic N) is 4. The quantitative estimate of drug-likeness (QED) is 0.579. The van der Waals surface area contributed by atoms with Gasteiger partial charge in [-0.1, -0.05) is 37.5 Å². The maximum Gasteiger partial charge on any atom is 0.451 e. The van der Waals surface area contributed by atoms with Crippen LogP contribution in [0.2, 0.25) is 0 Å². The Bertz CT molecular complexity index is 879. The van der Waals surface area contributed by atoms with Gasteiger partial charge in [0.1, 0.15) is 24.0 Å². The number of ether oxygens (including phenoxy) is 1. The zero-order valence-electron chi connectivity index (χ0n) is 18.6. The zero-order valence-corrected chi connectivity index (χ0v) is 18.6. The standard InChI is InChI=1S/C24H31F3N4O/c1-30(15-16-32-19-9-4-2-5-10-19)20-17-21(29-22(28-20)24(25,26)27)31-14-8-13-23(18-31)11-6-3-7-12-23/h2,4-5,9-10,17H,3,6-8,11-16,18H2,1H3. The molecular weight excluding hydrogens is 417 g/mol. The fraction of sp³-hybridized carbons (Fsp3) is 0.583. The van der Waals surface area contributed by atoms with Crippen LogP contribution in [-0.2, 0) is 6.18 Å². The van der Waals surface area contributed by atoms with E-state index in [9.17, 15) is 13.2 Å². The Morgan fingerprint density at radius 3 is 2.47 bits per heavy atom. The maximum atomic E-state index is 13.6. The molecule has 32 heavy (non-hydrogen) atoms. The first-order valence-electron chi connectivity index (χ1n) is 11.4. The molecule has 1 saturated carbocycles. The SMILES string of the molecule is CN(CCOc1ccccc1)c1cc(N2CCCC3(CCCCC3)C2)nc(C(F)(F)F)n1. The van der Waals surface area contributed by atoms with Crippen molar-refractivity contribution in [1.29, 1.82) is 0 Å². The Hall–Kier alpha value is -2.51. The third-order valence-electron chi connectivity index (χ3n) is 6.68. The van der Waals surface area contributed by atoms with Crippen LogP contribution >= 0.6 is 0 Å². The van der Waals surface area contributed by atoms with E-state index in [2.05, 4.69) is 9.97 Å². The predicted octanol–water partition coefficient (Wildman–Crippen LogP) is 5.56. The maximum absolute atomic E-state index is 13.6. The summed E-state index contributed by atoms with van der Waals surface area (Å²) in [4.78, 5) is 11.5. The van der Waals surface area contributed by atoms with Gasteiger partial charge in [0.05, 0.1) is 6.54 Å². The lowest BCUT2D eigenvalue weighted by Gasteiger charge is -2.45. The molecule has 4 rings (SSSR count). The van der Waals surface area contributed by atoms with E-state index in [1.54, 1.807) is 18.0 Å². The van der Waals surface area contributed by atoms with Crippen molar-refractivity contribution >= 4 is 11.6 Å². The molecule has 2 fully saturated rings. The molecule has 0 amide bonds. The van der Waals surface area contributed by atoms with E-state index in [1.807, 2.05) is 35.2 Å². The van der Waals surface area contributed by atoms with Gasteiger partial charge >= 0.3 is 6.18 Å². The second-order valence-electron chi connectivity index (χ2n) is 9.07. The number of hydrogen-bond donors (Lipinski definition) is 0. The summed E-state index contributed by atoms with van der Waals surface area (Å²) in [6.07, 6.45) is 3.54. The van der Waals surface area contributed by atoms with Crippen molar-refractivity contribution in [2.75, 3.05) is 43.1 Å². The molecular formula is C24H31F3N4O. The smallest absolute Gasteiger partial charge is 0.451 e. The van der Waals surface area contributed by atoms with E-state index in [-0.39, 0.29) is 11.2 Å². The monoisotopic (exact) mass is 448 g/mol. The normalized spacial score (nSPS) is 18.6. The highest BCUT2D eigenvalue weighted by molar-refractivity contribution is 5.51. The molecule has 1 aliphatic heterocycles. The molecule has 0 bridgehead atoms. The van der Waals surface area contributed by atoms with Gasteiger partial charge in [0.15, 0.2) is 0 Å². The number of hydrogen-bond acceptors (Lipinski definition) is 5. The molecule has 8 heteroatoms. The molecule has 2 aromatic rings.